The molecule has 0 saturated heterocycles. The largest absolute Gasteiger partial charge is 0.238 e. The highest BCUT2D eigenvalue weighted by atomic mass is 32.2. The number of thiophene rings is 1. The Balaban J connectivity index is 2.13. The molecule has 2 aromatic heterocycles. The van der Waals surface area contributed by atoms with Gasteiger partial charge in [0.15, 0.2) is 5.69 Å². The van der Waals surface area contributed by atoms with Crippen molar-refractivity contribution < 1.29 is 8.42 Å². The molecule has 6 nitrogen and oxygen atoms in total. The van der Waals surface area contributed by atoms with E-state index in [-0.39, 0.29) is 4.90 Å². The normalized spacial score (nSPS) is 11.3. The summed E-state index contributed by atoms with van der Waals surface area (Å²) < 4.78 is 24.3. The molecule has 116 valence electrons. The third-order valence-electron chi connectivity index (χ3n) is 3.22. The summed E-state index contributed by atoms with van der Waals surface area (Å²) in [6.07, 6.45) is 0. The fourth-order valence-electron chi connectivity index (χ4n) is 2.15. The molecule has 23 heavy (non-hydrogen) atoms. The van der Waals surface area contributed by atoms with Crippen LogP contribution in [-0.2, 0) is 10.0 Å². The van der Waals surface area contributed by atoms with Gasteiger partial charge < -0.3 is 0 Å². The fourth-order valence-corrected chi connectivity index (χ4v) is 3.57. The van der Waals surface area contributed by atoms with E-state index in [0.29, 0.717) is 11.4 Å². The molecule has 0 atom stereocenters. The van der Waals surface area contributed by atoms with Crippen LogP contribution in [-0.4, -0.2) is 18.2 Å². The number of primary sulfonamides is 1. The second-order valence-electron chi connectivity index (χ2n) is 4.97. The van der Waals surface area contributed by atoms with Gasteiger partial charge in [-0.3, -0.25) is 0 Å². The summed E-state index contributed by atoms with van der Waals surface area (Å²) in [6.45, 7) is 1.99. The highest BCUT2D eigenvalue weighted by Gasteiger charge is 2.14. The van der Waals surface area contributed by atoms with Gasteiger partial charge in [0.05, 0.1) is 21.2 Å². The number of nitriles is 1. The molecule has 0 amide bonds. The lowest BCUT2D eigenvalue weighted by Gasteiger charge is -2.06. The molecule has 8 heteroatoms. The number of aromatic nitrogens is 2. The van der Waals surface area contributed by atoms with Crippen LogP contribution in [0, 0.1) is 18.3 Å². The van der Waals surface area contributed by atoms with Crippen LogP contribution in [0.5, 0.6) is 0 Å². The average Bonchev–Trinajstić information content (AvgIpc) is 3.12. The predicted molar refractivity (Wildman–Crippen MR) is 87.7 cm³/mol. The van der Waals surface area contributed by atoms with Gasteiger partial charge in [-0.15, -0.1) is 11.3 Å². The second-order valence-corrected chi connectivity index (χ2v) is 7.44. The number of hydrogen-bond acceptors (Lipinski definition) is 5. The summed E-state index contributed by atoms with van der Waals surface area (Å²) in [5.74, 6) is 0. The van der Waals surface area contributed by atoms with E-state index in [1.54, 1.807) is 34.2 Å². The van der Waals surface area contributed by atoms with Crippen LogP contribution < -0.4 is 5.14 Å². The van der Waals surface area contributed by atoms with Crippen LogP contribution in [0.3, 0.4) is 0 Å². The van der Waals surface area contributed by atoms with E-state index in [9.17, 15) is 8.42 Å². The van der Waals surface area contributed by atoms with Crippen LogP contribution in [0.2, 0.25) is 0 Å². The van der Waals surface area contributed by atoms with E-state index < -0.39 is 10.0 Å². The second kappa shape index (κ2) is 5.62. The summed E-state index contributed by atoms with van der Waals surface area (Å²) in [5.41, 5.74) is 2.85. The molecule has 1 aromatic carbocycles. The SMILES string of the molecule is Cc1csc(-c2cc(C#N)nn2-c2ccc(S(N)(=O)=O)cc2)c1. The summed E-state index contributed by atoms with van der Waals surface area (Å²) in [6, 6.07) is 11.8. The maximum absolute atomic E-state index is 11.3. The van der Waals surface area contributed by atoms with Gasteiger partial charge >= 0.3 is 0 Å². The van der Waals surface area contributed by atoms with Gasteiger partial charge in [0.1, 0.15) is 6.07 Å². The number of aryl methyl sites for hydroxylation is 1. The first-order valence-corrected chi connectivity index (χ1v) is 9.00. The van der Waals surface area contributed by atoms with Crippen molar-refractivity contribution in [2.45, 2.75) is 11.8 Å². The van der Waals surface area contributed by atoms with Gasteiger partial charge in [-0.05, 0) is 48.2 Å². The fraction of sp³-hybridized carbons (Fsp3) is 0.0667. The highest BCUT2D eigenvalue weighted by Crippen LogP contribution is 2.29. The van der Waals surface area contributed by atoms with Crippen LogP contribution in [0.1, 0.15) is 11.3 Å². The summed E-state index contributed by atoms with van der Waals surface area (Å²) >= 11 is 1.56. The molecule has 0 unspecified atom stereocenters. The first-order chi connectivity index (χ1) is 10.9. The molecule has 2 heterocycles. The minimum atomic E-state index is -3.74. The Labute approximate surface area is 137 Å². The molecular weight excluding hydrogens is 332 g/mol. The van der Waals surface area contributed by atoms with Crippen molar-refractivity contribution in [3.8, 4) is 22.3 Å². The number of sulfonamides is 1. The lowest BCUT2D eigenvalue weighted by molar-refractivity contribution is 0.598. The first kappa shape index (κ1) is 15.4. The number of nitrogens with zero attached hydrogens (tertiary/aromatic N) is 3. The Morgan fingerprint density at radius 2 is 1.96 bits per heavy atom. The number of benzene rings is 1. The molecule has 0 aliphatic rings. The van der Waals surface area contributed by atoms with Crippen molar-refractivity contribution in [1.29, 1.82) is 5.26 Å². The highest BCUT2D eigenvalue weighted by molar-refractivity contribution is 7.89. The Bertz CT molecular complexity index is 1010. The molecule has 0 fully saturated rings. The lowest BCUT2D eigenvalue weighted by Crippen LogP contribution is -2.12. The topological polar surface area (TPSA) is 102 Å². The van der Waals surface area contributed by atoms with E-state index in [1.165, 1.54) is 12.1 Å². The molecule has 0 saturated carbocycles. The number of hydrogen-bond donors (Lipinski definition) is 1. The monoisotopic (exact) mass is 344 g/mol. The zero-order chi connectivity index (χ0) is 16.6. The molecule has 0 radical (unpaired) electrons. The lowest BCUT2D eigenvalue weighted by atomic mass is 10.2. The van der Waals surface area contributed by atoms with Gasteiger partial charge in [-0.25, -0.2) is 18.2 Å². The molecule has 3 rings (SSSR count). The molecule has 2 N–H and O–H groups in total. The minimum Gasteiger partial charge on any atom is -0.231 e. The van der Waals surface area contributed by atoms with Crippen molar-refractivity contribution >= 4 is 21.4 Å². The van der Waals surface area contributed by atoms with Crippen molar-refractivity contribution in [3.05, 3.63) is 53.0 Å². The number of nitrogens with two attached hydrogens (primary N) is 1. The van der Waals surface area contributed by atoms with Gasteiger partial charge in [0, 0.05) is 6.07 Å². The van der Waals surface area contributed by atoms with Crippen molar-refractivity contribution in [3.63, 3.8) is 0 Å². The molecule has 3 aromatic rings. The Morgan fingerprint density at radius 3 is 2.48 bits per heavy atom. The van der Waals surface area contributed by atoms with E-state index in [2.05, 4.69) is 5.10 Å². The Hall–Kier alpha value is -2.47. The van der Waals surface area contributed by atoms with Gasteiger partial charge in [-0.1, -0.05) is 0 Å². The summed E-state index contributed by atoms with van der Waals surface area (Å²) in [5, 5.41) is 20.5. The number of rotatable bonds is 3. The predicted octanol–water partition coefficient (Wildman–Crippen LogP) is 2.43. The molecule has 0 spiro atoms. The quantitative estimate of drug-likeness (QED) is 0.788. The molecular formula is C15H12N4O2S2. The van der Waals surface area contributed by atoms with Crippen molar-refractivity contribution in [2.24, 2.45) is 5.14 Å². The standard InChI is InChI=1S/C15H12N4O2S2/c1-10-6-15(22-9-10)14-7-11(8-16)18-19(14)12-2-4-13(5-3-12)23(17,20)21/h2-7,9H,1H3,(H2,17,20,21). The van der Waals surface area contributed by atoms with Crippen molar-refractivity contribution in [1.82, 2.24) is 9.78 Å². The smallest absolute Gasteiger partial charge is 0.231 e. The van der Waals surface area contributed by atoms with Crippen LogP contribution in [0.4, 0.5) is 0 Å². The van der Waals surface area contributed by atoms with Crippen LogP contribution in [0.25, 0.3) is 16.3 Å². The maximum atomic E-state index is 11.3. The van der Waals surface area contributed by atoms with E-state index in [4.69, 9.17) is 10.4 Å². The molecule has 0 aliphatic heterocycles. The van der Waals surface area contributed by atoms with Crippen molar-refractivity contribution in [2.75, 3.05) is 0 Å². The minimum absolute atomic E-state index is 0.0300. The summed E-state index contributed by atoms with van der Waals surface area (Å²) in [4.78, 5) is 1.01. The third kappa shape index (κ3) is 3.03. The zero-order valence-electron chi connectivity index (χ0n) is 12.1. The molecule has 0 aliphatic carbocycles. The average molecular weight is 344 g/mol. The maximum Gasteiger partial charge on any atom is 0.238 e. The first-order valence-electron chi connectivity index (χ1n) is 6.57. The van der Waals surface area contributed by atoms with E-state index in [1.807, 2.05) is 24.4 Å². The summed E-state index contributed by atoms with van der Waals surface area (Å²) in [7, 11) is -3.74. The van der Waals surface area contributed by atoms with Gasteiger partial charge in [0.25, 0.3) is 0 Å². The van der Waals surface area contributed by atoms with Gasteiger partial charge in [0.2, 0.25) is 10.0 Å². The van der Waals surface area contributed by atoms with Crippen LogP contribution in [0.15, 0.2) is 46.7 Å². The Morgan fingerprint density at radius 1 is 1.26 bits per heavy atom. The molecule has 0 bridgehead atoms. The Kier molecular flexibility index (Phi) is 3.77. The van der Waals surface area contributed by atoms with Crippen LogP contribution >= 0.6 is 11.3 Å². The third-order valence-corrected chi connectivity index (χ3v) is 5.22. The zero-order valence-corrected chi connectivity index (χ0v) is 13.7. The van der Waals surface area contributed by atoms with Gasteiger partial charge in [-0.2, -0.15) is 10.4 Å². The van der Waals surface area contributed by atoms with E-state index in [0.717, 1.165) is 16.1 Å². The van der Waals surface area contributed by atoms with E-state index >= 15 is 0 Å².